The molecule has 10 aromatic carbocycles. The van der Waals surface area contributed by atoms with Gasteiger partial charge in [-0.15, -0.1) is 11.3 Å². The Balaban J connectivity index is 0.995. The second kappa shape index (κ2) is 14.5. The standard InChI is InChI=1S/C58H36N2S/c1-2-12-37(13-3-1)38-24-26-40(27-25-38)53-36-54(45-17-10-16-43(34-45)48-21-11-22-51-49-20-8-9-23-55(49)61-57(48)51)60-58(59-53)42-30-28-41(29-31-42)56-47-19-7-5-15-44(47)35-52-46-18-6-4-14-39(46)32-33-50(52)56/h1-36H. The maximum atomic E-state index is 5.32. The van der Waals surface area contributed by atoms with E-state index in [-0.39, 0.29) is 0 Å². The Hall–Kier alpha value is -7.72. The predicted molar refractivity (Wildman–Crippen MR) is 260 cm³/mol. The Morgan fingerprint density at radius 2 is 0.885 bits per heavy atom. The van der Waals surface area contributed by atoms with Crippen LogP contribution in [0.1, 0.15) is 0 Å². The fraction of sp³-hybridized carbons (Fsp3) is 0. The summed E-state index contributed by atoms with van der Waals surface area (Å²) in [6.45, 7) is 0. The van der Waals surface area contributed by atoms with Gasteiger partial charge in [-0.3, -0.25) is 0 Å². The Labute approximate surface area is 357 Å². The van der Waals surface area contributed by atoms with E-state index in [9.17, 15) is 0 Å². The molecule has 0 bridgehead atoms. The monoisotopic (exact) mass is 792 g/mol. The molecule has 3 heteroatoms. The number of nitrogens with zero attached hydrogens (tertiary/aromatic N) is 2. The van der Waals surface area contributed by atoms with Gasteiger partial charge in [0.05, 0.1) is 11.4 Å². The molecule has 0 aliphatic rings. The molecule has 0 aliphatic heterocycles. The van der Waals surface area contributed by atoms with Crippen LogP contribution in [0.3, 0.4) is 0 Å². The Morgan fingerprint density at radius 1 is 0.295 bits per heavy atom. The maximum Gasteiger partial charge on any atom is 0.160 e. The number of aromatic nitrogens is 2. The van der Waals surface area contributed by atoms with Gasteiger partial charge in [-0.05, 0) is 90.0 Å². The molecule has 0 saturated carbocycles. The summed E-state index contributed by atoms with van der Waals surface area (Å²) in [5, 5.41) is 10.1. The van der Waals surface area contributed by atoms with Crippen molar-refractivity contribution in [1.82, 2.24) is 9.97 Å². The average molecular weight is 793 g/mol. The second-order valence-electron chi connectivity index (χ2n) is 15.7. The summed E-state index contributed by atoms with van der Waals surface area (Å²) in [4.78, 5) is 10.6. The number of hydrogen-bond acceptors (Lipinski definition) is 3. The molecule has 0 aliphatic carbocycles. The largest absolute Gasteiger partial charge is 0.228 e. The fourth-order valence-corrected chi connectivity index (χ4v) is 10.3. The van der Waals surface area contributed by atoms with Gasteiger partial charge in [0, 0.05) is 36.9 Å². The van der Waals surface area contributed by atoms with E-state index in [1.165, 1.54) is 80.3 Å². The minimum atomic E-state index is 0.692. The van der Waals surface area contributed by atoms with Crippen LogP contribution >= 0.6 is 11.3 Å². The highest BCUT2D eigenvalue weighted by molar-refractivity contribution is 7.26. The van der Waals surface area contributed by atoms with Crippen LogP contribution in [-0.4, -0.2) is 9.97 Å². The quantitative estimate of drug-likeness (QED) is 0.124. The maximum absolute atomic E-state index is 5.32. The molecule has 2 nitrogen and oxygen atoms in total. The predicted octanol–water partition coefficient (Wildman–Crippen LogP) is 16.3. The van der Waals surface area contributed by atoms with Gasteiger partial charge < -0.3 is 0 Å². The van der Waals surface area contributed by atoms with Crippen LogP contribution in [0.5, 0.6) is 0 Å². The third kappa shape index (κ3) is 6.18. The van der Waals surface area contributed by atoms with E-state index in [4.69, 9.17) is 9.97 Å². The van der Waals surface area contributed by atoms with Gasteiger partial charge in [0.2, 0.25) is 0 Å². The number of benzene rings is 10. The van der Waals surface area contributed by atoms with E-state index < -0.39 is 0 Å². The lowest BCUT2D eigenvalue weighted by Gasteiger charge is -2.15. The van der Waals surface area contributed by atoms with E-state index in [0.29, 0.717) is 5.82 Å². The lowest BCUT2D eigenvalue weighted by Crippen LogP contribution is -1.96. The van der Waals surface area contributed by atoms with E-state index in [0.717, 1.165) is 33.6 Å². The van der Waals surface area contributed by atoms with Crippen molar-refractivity contribution in [3.8, 4) is 67.3 Å². The zero-order valence-electron chi connectivity index (χ0n) is 33.1. The van der Waals surface area contributed by atoms with Crippen molar-refractivity contribution < 1.29 is 0 Å². The van der Waals surface area contributed by atoms with E-state index >= 15 is 0 Å². The normalized spacial score (nSPS) is 11.6. The van der Waals surface area contributed by atoms with Crippen molar-refractivity contribution in [1.29, 1.82) is 0 Å². The topological polar surface area (TPSA) is 25.8 Å². The fourth-order valence-electron chi connectivity index (χ4n) is 9.07. The van der Waals surface area contributed by atoms with Gasteiger partial charge in [0.1, 0.15) is 0 Å². The molecule has 284 valence electrons. The highest BCUT2D eigenvalue weighted by Gasteiger charge is 2.16. The molecular weight excluding hydrogens is 757 g/mol. The number of rotatable bonds is 6. The van der Waals surface area contributed by atoms with Gasteiger partial charge >= 0.3 is 0 Å². The summed E-state index contributed by atoms with van der Waals surface area (Å²) in [5.41, 5.74) is 12.0. The Kier molecular flexibility index (Phi) is 8.39. The van der Waals surface area contributed by atoms with Crippen LogP contribution in [-0.2, 0) is 0 Å². The lowest BCUT2D eigenvalue weighted by molar-refractivity contribution is 1.18. The summed E-state index contributed by atoms with van der Waals surface area (Å²) in [7, 11) is 0. The first-order valence-electron chi connectivity index (χ1n) is 20.7. The molecule has 0 radical (unpaired) electrons. The van der Waals surface area contributed by atoms with Gasteiger partial charge in [0.15, 0.2) is 5.82 Å². The molecule has 12 rings (SSSR count). The number of fused-ring (bicyclic) bond motifs is 7. The van der Waals surface area contributed by atoms with Gasteiger partial charge in [0.25, 0.3) is 0 Å². The first kappa shape index (κ1) is 35.2. The molecule has 2 aromatic heterocycles. The molecule has 12 aromatic rings. The van der Waals surface area contributed by atoms with Crippen molar-refractivity contribution in [2.24, 2.45) is 0 Å². The molecule has 0 N–H and O–H groups in total. The van der Waals surface area contributed by atoms with Gasteiger partial charge in [-0.1, -0.05) is 194 Å². The first-order chi connectivity index (χ1) is 30.2. The summed E-state index contributed by atoms with van der Waals surface area (Å²) in [6.07, 6.45) is 0. The molecule has 0 spiro atoms. The van der Waals surface area contributed by atoms with E-state index in [2.05, 4.69) is 218 Å². The van der Waals surface area contributed by atoms with Crippen LogP contribution < -0.4 is 0 Å². The summed E-state index contributed by atoms with van der Waals surface area (Å²) in [5.74, 6) is 0.692. The number of hydrogen-bond donors (Lipinski definition) is 0. The molecule has 0 unspecified atom stereocenters. The Bertz CT molecular complexity index is 3620. The summed E-state index contributed by atoms with van der Waals surface area (Å²) in [6, 6.07) is 78.7. The zero-order valence-corrected chi connectivity index (χ0v) is 33.9. The van der Waals surface area contributed by atoms with Crippen molar-refractivity contribution in [3.63, 3.8) is 0 Å². The molecule has 0 atom stereocenters. The number of thiophene rings is 1. The summed E-state index contributed by atoms with van der Waals surface area (Å²) < 4.78 is 2.60. The Morgan fingerprint density at radius 3 is 1.72 bits per heavy atom. The van der Waals surface area contributed by atoms with Crippen molar-refractivity contribution in [3.05, 3.63) is 218 Å². The SMILES string of the molecule is c1ccc(-c2ccc(-c3cc(-c4cccc(-c5cccc6c5sc5ccccc56)c4)nc(-c4ccc(-c5c6ccccc6cc6c5ccc5ccccc56)cc4)n3)cc2)cc1. The van der Waals surface area contributed by atoms with E-state index in [1.807, 2.05) is 11.3 Å². The smallest absolute Gasteiger partial charge is 0.160 e. The highest BCUT2D eigenvalue weighted by atomic mass is 32.1. The second-order valence-corrected chi connectivity index (χ2v) is 16.8. The van der Waals surface area contributed by atoms with Gasteiger partial charge in [-0.2, -0.15) is 0 Å². The molecule has 0 saturated heterocycles. The van der Waals surface area contributed by atoms with Crippen LogP contribution in [0.2, 0.25) is 0 Å². The third-order valence-corrected chi connectivity index (χ3v) is 13.3. The van der Waals surface area contributed by atoms with Crippen LogP contribution in [0, 0.1) is 0 Å². The van der Waals surface area contributed by atoms with Crippen LogP contribution in [0.15, 0.2) is 218 Å². The molecular formula is C58H36N2S. The molecule has 2 heterocycles. The van der Waals surface area contributed by atoms with Crippen molar-refractivity contribution in [2.45, 2.75) is 0 Å². The highest BCUT2D eigenvalue weighted by Crippen LogP contribution is 2.42. The van der Waals surface area contributed by atoms with Gasteiger partial charge in [-0.25, -0.2) is 9.97 Å². The average Bonchev–Trinajstić information content (AvgIpc) is 3.73. The van der Waals surface area contributed by atoms with Crippen molar-refractivity contribution >= 4 is 63.8 Å². The van der Waals surface area contributed by atoms with Crippen LogP contribution in [0.4, 0.5) is 0 Å². The lowest BCUT2D eigenvalue weighted by atomic mass is 9.89. The summed E-state index contributed by atoms with van der Waals surface area (Å²) >= 11 is 1.86. The molecule has 0 amide bonds. The van der Waals surface area contributed by atoms with E-state index in [1.54, 1.807) is 0 Å². The third-order valence-electron chi connectivity index (χ3n) is 12.1. The first-order valence-corrected chi connectivity index (χ1v) is 21.5. The minimum absolute atomic E-state index is 0.692. The zero-order chi connectivity index (χ0) is 40.3. The molecule has 61 heavy (non-hydrogen) atoms. The minimum Gasteiger partial charge on any atom is -0.228 e. The van der Waals surface area contributed by atoms with Crippen LogP contribution in [0.25, 0.3) is 120 Å². The van der Waals surface area contributed by atoms with Crippen molar-refractivity contribution in [2.75, 3.05) is 0 Å². The molecule has 0 fully saturated rings.